The van der Waals surface area contributed by atoms with Crippen LogP contribution in [0, 0.1) is 5.41 Å². The summed E-state index contributed by atoms with van der Waals surface area (Å²) in [5, 5.41) is 5.32. The molecule has 0 radical (unpaired) electrons. The van der Waals surface area contributed by atoms with Gasteiger partial charge in [-0.3, -0.25) is 4.79 Å². The maximum absolute atomic E-state index is 12.5. The number of thioether (sulfide) groups is 1. The molecule has 0 saturated carbocycles. The summed E-state index contributed by atoms with van der Waals surface area (Å²) in [6.45, 7) is 5.74. The fraction of sp³-hybridized carbons (Fsp3) is 0.143. The first-order valence-electron chi connectivity index (χ1n) is 13.5. The second-order valence-corrected chi connectivity index (χ2v) is 12.1. The molecule has 0 unspecified atom stereocenters. The van der Waals surface area contributed by atoms with E-state index in [0.29, 0.717) is 0 Å². The molecule has 1 amide bonds. The molecule has 2 N–H and O–H groups in total. The Morgan fingerprint density at radius 3 is 2.25 bits per heavy atom. The standard InChI is InChI=1S/C35H31N3OS/c1-35(2,3)34(39)37-26-17-15-24(16-18-26)29-21-36-33-32(31(29)25-10-6-4-7-11-25)28-20-23(14-19-30(28)38-33)22-40-27-12-8-5-9-13-27/h4-21H,22H2,1-3H3,(H,36,38)(H,37,39). The molecule has 5 heteroatoms. The van der Waals surface area contributed by atoms with Gasteiger partial charge in [0.05, 0.1) is 0 Å². The molecule has 0 saturated heterocycles. The number of hydrogen-bond donors (Lipinski definition) is 2. The lowest BCUT2D eigenvalue weighted by molar-refractivity contribution is -0.123. The van der Waals surface area contributed by atoms with E-state index in [2.05, 4.69) is 89.2 Å². The number of hydrogen-bond acceptors (Lipinski definition) is 3. The number of amides is 1. The number of nitrogens with one attached hydrogen (secondary N) is 2. The smallest absolute Gasteiger partial charge is 0.229 e. The highest BCUT2D eigenvalue weighted by Gasteiger charge is 2.21. The van der Waals surface area contributed by atoms with Gasteiger partial charge in [-0.05, 0) is 53.1 Å². The molecule has 40 heavy (non-hydrogen) atoms. The number of carbonyl (C=O) groups excluding carboxylic acids is 1. The third-order valence-electron chi connectivity index (χ3n) is 7.03. The minimum atomic E-state index is -0.456. The van der Waals surface area contributed by atoms with Crippen LogP contribution in [-0.2, 0) is 10.5 Å². The molecule has 0 atom stereocenters. The van der Waals surface area contributed by atoms with Crippen molar-refractivity contribution in [2.45, 2.75) is 31.4 Å². The third kappa shape index (κ3) is 5.25. The summed E-state index contributed by atoms with van der Waals surface area (Å²) in [4.78, 5) is 22.2. The van der Waals surface area contributed by atoms with E-state index in [1.54, 1.807) is 0 Å². The van der Waals surface area contributed by atoms with Gasteiger partial charge in [0.2, 0.25) is 5.91 Å². The first-order valence-corrected chi connectivity index (χ1v) is 14.4. The molecule has 2 heterocycles. The number of aromatic nitrogens is 2. The zero-order valence-corrected chi connectivity index (χ0v) is 23.7. The summed E-state index contributed by atoms with van der Waals surface area (Å²) >= 11 is 1.84. The van der Waals surface area contributed by atoms with E-state index in [9.17, 15) is 4.79 Å². The van der Waals surface area contributed by atoms with Crippen molar-refractivity contribution in [3.63, 3.8) is 0 Å². The molecule has 2 aromatic heterocycles. The number of pyridine rings is 1. The van der Waals surface area contributed by atoms with Gasteiger partial charge in [0.15, 0.2) is 0 Å². The van der Waals surface area contributed by atoms with E-state index >= 15 is 0 Å². The molecule has 0 aliphatic carbocycles. The van der Waals surface area contributed by atoms with Crippen molar-refractivity contribution in [1.82, 2.24) is 9.97 Å². The van der Waals surface area contributed by atoms with Crippen LogP contribution in [0.25, 0.3) is 44.2 Å². The van der Waals surface area contributed by atoms with Gasteiger partial charge in [-0.2, -0.15) is 0 Å². The summed E-state index contributed by atoms with van der Waals surface area (Å²) in [6.07, 6.45) is 1.95. The van der Waals surface area contributed by atoms with Gasteiger partial charge in [0.25, 0.3) is 0 Å². The van der Waals surface area contributed by atoms with E-state index in [1.165, 1.54) is 15.8 Å². The van der Waals surface area contributed by atoms with E-state index in [1.807, 2.05) is 63.0 Å². The number of benzene rings is 4. The lowest BCUT2D eigenvalue weighted by Crippen LogP contribution is -2.27. The molecule has 4 nitrogen and oxygen atoms in total. The van der Waals surface area contributed by atoms with Crippen LogP contribution in [0.3, 0.4) is 0 Å². The molecule has 0 spiro atoms. The highest BCUT2D eigenvalue weighted by atomic mass is 32.2. The van der Waals surface area contributed by atoms with Crippen LogP contribution in [0.4, 0.5) is 5.69 Å². The molecular formula is C35H31N3OS. The largest absolute Gasteiger partial charge is 0.339 e. The predicted octanol–water partition coefficient (Wildman–Crippen LogP) is 9.33. The molecule has 6 rings (SSSR count). The van der Waals surface area contributed by atoms with E-state index < -0.39 is 5.41 Å². The summed E-state index contributed by atoms with van der Waals surface area (Å²) in [5.74, 6) is 0.885. The first kappa shape index (κ1) is 25.9. The van der Waals surface area contributed by atoms with Crippen LogP contribution in [0.5, 0.6) is 0 Å². The van der Waals surface area contributed by atoms with E-state index in [-0.39, 0.29) is 5.91 Å². The monoisotopic (exact) mass is 541 g/mol. The van der Waals surface area contributed by atoms with Gasteiger partial charge in [-0.15, -0.1) is 11.8 Å². The Kier molecular flexibility index (Phi) is 6.91. The van der Waals surface area contributed by atoms with Crippen molar-refractivity contribution in [2.24, 2.45) is 5.41 Å². The van der Waals surface area contributed by atoms with Crippen molar-refractivity contribution in [3.05, 3.63) is 115 Å². The second kappa shape index (κ2) is 10.7. The molecule has 0 fully saturated rings. The number of H-pyrrole nitrogens is 1. The Balaban J connectivity index is 1.45. The molecule has 0 aliphatic rings. The SMILES string of the molecule is CC(C)(C)C(=O)Nc1ccc(-c2cnc3[nH]c4ccc(CSc5ccccc5)cc4c3c2-c2ccccc2)cc1. The summed E-state index contributed by atoms with van der Waals surface area (Å²) in [7, 11) is 0. The fourth-order valence-electron chi connectivity index (χ4n) is 4.85. The Bertz CT molecular complexity index is 1800. The lowest BCUT2D eigenvalue weighted by Gasteiger charge is -2.18. The maximum atomic E-state index is 12.5. The van der Waals surface area contributed by atoms with Crippen LogP contribution < -0.4 is 5.32 Å². The van der Waals surface area contributed by atoms with Gasteiger partial charge in [-0.1, -0.05) is 87.5 Å². The average Bonchev–Trinajstić information content (AvgIpc) is 3.34. The highest BCUT2D eigenvalue weighted by molar-refractivity contribution is 7.98. The molecule has 0 bridgehead atoms. The Hall–Kier alpha value is -4.35. The second-order valence-electron chi connectivity index (χ2n) is 11.0. The predicted molar refractivity (Wildman–Crippen MR) is 169 cm³/mol. The van der Waals surface area contributed by atoms with Crippen molar-refractivity contribution in [3.8, 4) is 22.3 Å². The highest BCUT2D eigenvalue weighted by Crippen LogP contribution is 2.41. The van der Waals surface area contributed by atoms with Crippen LogP contribution in [0.15, 0.2) is 114 Å². The van der Waals surface area contributed by atoms with Crippen LogP contribution >= 0.6 is 11.8 Å². The van der Waals surface area contributed by atoms with Crippen LogP contribution in [-0.4, -0.2) is 15.9 Å². The van der Waals surface area contributed by atoms with Crippen LogP contribution in [0.2, 0.25) is 0 Å². The van der Waals surface area contributed by atoms with Crippen molar-refractivity contribution in [1.29, 1.82) is 0 Å². The van der Waals surface area contributed by atoms with E-state index in [4.69, 9.17) is 4.98 Å². The van der Waals surface area contributed by atoms with Gasteiger partial charge in [-0.25, -0.2) is 4.98 Å². The van der Waals surface area contributed by atoms with Gasteiger partial charge < -0.3 is 10.3 Å². The lowest BCUT2D eigenvalue weighted by atomic mass is 9.92. The third-order valence-corrected chi connectivity index (χ3v) is 8.11. The number of rotatable bonds is 6. The Labute approximate surface area is 238 Å². The molecule has 198 valence electrons. The summed E-state index contributed by atoms with van der Waals surface area (Å²) in [6, 6.07) is 35.7. The van der Waals surface area contributed by atoms with Gasteiger partial charge >= 0.3 is 0 Å². The number of anilines is 1. The minimum absolute atomic E-state index is 0.00617. The van der Waals surface area contributed by atoms with Gasteiger partial charge in [0.1, 0.15) is 5.65 Å². The van der Waals surface area contributed by atoms with Gasteiger partial charge in [0, 0.05) is 55.4 Å². The Morgan fingerprint density at radius 2 is 1.55 bits per heavy atom. The maximum Gasteiger partial charge on any atom is 0.229 e. The minimum Gasteiger partial charge on any atom is -0.339 e. The molecule has 0 aliphatic heterocycles. The van der Waals surface area contributed by atoms with Crippen molar-refractivity contribution in [2.75, 3.05) is 5.32 Å². The molecular weight excluding hydrogens is 510 g/mol. The summed E-state index contributed by atoms with van der Waals surface area (Å²) < 4.78 is 0. The number of aromatic amines is 1. The average molecular weight is 542 g/mol. The summed E-state index contributed by atoms with van der Waals surface area (Å²) in [5.41, 5.74) is 7.94. The van der Waals surface area contributed by atoms with Crippen molar-refractivity contribution < 1.29 is 4.79 Å². The fourth-order valence-corrected chi connectivity index (χ4v) is 5.71. The first-order chi connectivity index (χ1) is 19.4. The van der Waals surface area contributed by atoms with E-state index in [0.717, 1.165) is 50.2 Å². The molecule has 6 aromatic rings. The number of fused-ring (bicyclic) bond motifs is 3. The topological polar surface area (TPSA) is 57.8 Å². The van der Waals surface area contributed by atoms with Crippen LogP contribution in [0.1, 0.15) is 26.3 Å². The molecule has 4 aromatic carbocycles. The quantitative estimate of drug-likeness (QED) is 0.207. The number of nitrogens with zero attached hydrogens (tertiary/aromatic N) is 1. The zero-order chi connectivity index (χ0) is 27.7. The zero-order valence-electron chi connectivity index (χ0n) is 22.9. The van der Waals surface area contributed by atoms with Crippen molar-refractivity contribution >= 4 is 45.3 Å². The Morgan fingerprint density at radius 1 is 0.850 bits per heavy atom. The number of carbonyl (C=O) groups is 1. The normalized spacial score (nSPS) is 11.7.